The molecule has 0 saturated heterocycles. The van der Waals surface area contributed by atoms with Crippen molar-refractivity contribution in [2.45, 2.75) is 26.9 Å². The molecule has 176 valence electrons. The third-order valence-corrected chi connectivity index (χ3v) is 6.90. The molecule has 4 rings (SSSR count). The Kier molecular flexibility index (Phi) is 6.94. The highest BCUT2D eigenvalue weighted by Gasteiger charge is 2.18. The highest BCUT2D eigenvalue weighted by Crippen LogP contribution is 2.20. The smallest absolute Gasteiger partial charge is 0.336 e. The van der Waals surface area contributed by atoms with Gasteiger partial charge in [-0.2, -0.15) is 0 Å². The zero-order valence-corrected chi connectivity index (χ0v) is 20.7. The SMILES string of the molecule is CCOc1ccc(CNC(=O)c2cn3c(=O)n(Cc4ccc(F)c(Br)c4)c(=O)c(C)c3s2)cn1. The fraction of sp³-hybridized carbons (Fsp3) is 0.217. The molecule has 0 atom stereocenters. The fourth-order valence-corrected chi connectivity index (χ4v) is 4.78. The lowest BCUT2D eigenvalue weighted by Crippen LogP contribution is -2.38. The van der Waals surface area contributed by atoms with Crippen LogP contribution >= 0.6 is 27.3 Å². The number of thiazole rings is 1. The first-order valence-electron chi connectivity index (χ1n) is 10.3. The van der Waals surface area contributed by atoms with E-state index in [4.69, 9.17) is 4.74 Å². The summed E-state index contributed by atoms with van der Waals surface area (Å²) in [5.74, 6) is -0.302. The Morgan fingerprint density at radius 1 is 1.24 bits per heavy atom. The number of carbonyl (C=O) groups excluding carboxylic acids is 1. The highest BCUT2D eigenvalue weighted by atomic mass is 79.9. The first-order valence-corrected chi connectivity index (χ1v) is 11.9. The second-order valence-electron chi connectivity index (χ2n) is 7.44. The Hall–Kier alpha value is -3.31. The van der Waals surface area contributed by atoms with Gasteiger partial charge in [0, 0.05) is 30.6 Å². The Morgan fingerprint density at radius 2 is 2.00 bits per heavy atom. The molecule has 0 saturated carbocycles. The van der Waals surface area contributed by atoms with Crippen LogP contribution in [-0.2, 0) is 13.1 Å². The fourth-order valence-electron chi connectivity index (χ4n) is 3.35. The van der Waals surface area contributed by atoms with Gasteiger partial charge in [-0.05, 0) is 53.0 Å². The van der Waals surface area contributed by atoms with Gasteiger partial charge in [-0.1, -0.05) is 12.1 Å². The van der Waals surface area contributed by atoms with Crippen LogP contribution in [0, 0.1) is 12.7 Å². The zero-order chi connectivity index (χ0) is 24.4. The maximum atomic E-state index is 13.5. The number of pyridine rings is 1. The topological polar surface area (TPSA) is 94.7 Å². The van der Waals surface area contributed by atoms with Crippen LogP contribution in [0.1, 0.15) is 33.3 Å². The quantitative estimate of drug-likeness (QED) is 0.382. The Morgan fingerprint density at radius 3 is 2.68 bits per heavy atom. The number of carbonyl (C=O) groups is 1. The molecular weight excluding hydrogens is 527 g/mol. The lowest BCUT2D eigenvalue weighted by molar-refractivity contribution is 0.0954. The first kappa shape index (κ1) is 23.8. The van der Waals surface area contributed by atoms with E-state index in [0.717, 1.165) is 21.5 Å². The van der Waals surface area contributed by atoms with E-state index in [-0.39, 0.29) is 23.5 Å². The number of halogens is 2. The summed E-state index contributed by atoms with van der Waals surface area (Å²) in [5.41, 5.74) is 0.692. The van der Waals surface area contributed by atoms with Gasteiger partial charge >= 0.3 is 5.69 Å². The lowest BCUT2D eigenvalue weighted by atomic mass is 10.2. The molecule has 0 spiro atoms. The van der Waals surface area contributed by atoms with Crippen LogP contribution < -0.4 is 21.3 Å². The number of rotatable bonds is 7. The van der Waals surface area contributed by atoms with Gasteiger partial charge in [0.15, 0.2) is 0 Å². The van der Waals surface area contributed by atoms with E-state index in [1.807, 2.05) is 6.92 Å². The predicted octanol–water partition coefficient (Wildman–Crippen LogP) is 3.50. The Balaban J connectivity index is 1.59. The number of nitrogens with one attached hydrogen (secondary N) is 1. The van der Waals surface area contributed by atoms with Gasteiger partial charge in [-0.3, -0.25) is 18.6 Å². The lowest BCUT2D eigenvalue weighted by Gasteiger charge is -2.08. The minimum atomic E-state index is -0.572. The minimum absolute atomic E-state index is 0.0254. The molecule has 1 N–H and O–H groups in total. The van der Waals surface area contributed by atoms with Crippen molar-refractivity contribution in [3.05, 3.63) is 95.4 Å². The van der Waals surface area contributed by atoms with Crippen molar-refractivity contribution in [3.63, 3.8) is 0 Å². The van der Waals surface area contributed by atoms with Gasteiger partial charge in [0.05, 0.1) is 17.6 Å². The molecule has 11 heteroatoms. The van der Waals surface area contributed by atoms with Crippen LogP contribution in [0.15, 0.2) is 56.8 Å². The summed E-state index contributed by atoms with van der Waals surface area (Å²) in [5, 5.41) is 2.80. The Bertz CT molecular complexity index is 1490. The van der Waals surface area contributed by atoms with Crippen LogP contribution in [0.25, 0.3) is 4.83 Å². The van der Waals surface area contributed by atoms with Gasteiger partial charge in [0.1, 0.15) is 15.5 Å². The molecular formula is C23H20BrFN4O4S. The number of benzene rings is 1. The minimum Gasteiger partial charge on any atom is -0.478 e. The summed E-state index contributed by atoms with van der Waals surface area (Å²) < 4.78 is 21.5. The molecule has 3 heterocycles. The normalized spacial score (nSPS) is 11.1. The summed E-state index contributed by atoms with van der Waals surface area (Å²) in [6, 6.07) is 7.83. The predicted molar refractivity (Wildman–Crippen MR) is 130 cm³/mol. The largest absolute Gasteiger partial charge is 0.478 e. The van der Waals surface area contributed by atoms with Crippen LogP contribution in [-0.4, -0.2) is 26.5 Å². The van der Waals surface area contributed by atoms with Gasteiger partial charge in [0.2, 0.25) is 5.88 Å². The molecule has 1 amide bonds. The van der Waals surface area contributed by atoms with Crippen LogP contribution in [0.5, 0.6) is 5.88 Å². The maximum absolute atomic E-state index is 13.5. The summed E-state index contributed by atoms with van der Waals surface area (Å²) in [6.45, 7) is 4.21. The monoisotopic (exact) mass is 546 g/mol. The van der Waals surface area contributed by atoms with Crippen molar-refractivity contribution in [2.24, 2.45) is 0 Å². The molecule has 34 heavy (non-hydrogen) atoms. The summed E-state index contributed by atoms with van der Waals surface area (Å²) in [6.07, 6.45) is 3.04. The van der Waals surface area contributed by atoms with Gasteiger partial charge in [0.25, 0.3) is 11.5 Å². The average Bonchev–Trinajstić information content (AvgIpc) is 3.28. The van der Waals surface area contributed by atoms with Crippen molar-refractivity contribution in [2.75, 3.05) is 6.61 Å². The number of aryl methyl sites for hydroxylation is 1. The zero-order valence-electron chi connectivity index (χ0n) is 18.3. The van der Waals surface area contributed by atoms with Crippen LogP contribution in [0.2, 0.25) is 0 Å². The number of fused-ring (bicyclic) bond motifs is 1. The van der Waals surface area contributed by atoms with Crippen molar-refractivity contribution in [3.8, 4) is 5.88 Å². The summed E-state index contributed by atoms with van der Waals surface area (Å²) >= 11 is 4.18. The molecule has 1 aromatic carbocycles. The maximum Gasteiger partial charge on any atom is 0.336 e. The summed E-state index contributed by atoms with van der Waals surface area (Å²) in [7, 11) is 0. The standard InChI is InChI=1S/C23H20BrFN4O4S/c1-3-33-19-7-5-15(9-26-19)10-27-20(30)18-12-29-22(34-18)13(2)21(31)28(23(29)32)11-14-4-6-17(25)16(24)8-14/h4-9,12H,3,10-11H2,1-2H3,(H,27,30). The molecule has 3 aromatic heterocycles. The second kappa shape index (κ2) is 9.90. The van der Waals surface area contributed by atoms with Gasteiger partial charge in [-0.15, -0.1) is 11.3 Å². The van der Waals surface area contributed by atoms with Crippen molar-refractivity contribution in [1.82, 2.24) is 19.3 Å². The van der Waals surface area contributed by atoms with Crippen molar-refractivity contribution >= 4 is 38.0 Å². The van der Waals surface area contributed by atoms with E-state index in [1.165, 1.54) is 28.8 Å². The molecule has 0 aliphatic heterocycles. The molecule has 0 aliphatic rings. The average molecular weight is 547 g/mol. The Labute approximate surface area is 205 Å². The molecule has 0 fully saturated rings. The summed E-state index contributed by atoms with van der Waals surface area (Å²) in [4.78, 5) is 43.5. The van der Waals surface area contributed by atoms with E-state index in [2.05, 4.69) is 26.2 Å². The first-order chi connectivity index (χ1) is 16.3. The number of ether oxygens (including phenoxy) is 1. The number of nitrogens with zero attached hydrogens (tertiary/aromatic N) is 3. The molecule has 0 unspecified atom stereocenters. The van der Waals surface area contributed by atoms with E-state index in [9.17, 15) is 18.8 Å². The number of hydrogen-bond donors (Lipinski definition) is 1. The third kappa shape index (κ3) is 4.80. The second-order valence-corrected chi connectivity index (χ2v) is 9.32. The van der Waals surface area contributed by atoms with Crippen LogP contribution in [0.3, 0.4) is 0 Å². The molecule has 4 aromatic rings. The number of aromatic nitrogens is 3. The van der Waals surface area contributed by atoms with E-state index in [0.29, 0.717) is 33.3 Å². The molecule has 0 radical (unpaired) electrons. The van der Waals surface area contributed by atoms with Gasteiger partial charge in [-0.25, -0.2) is 14.2 Å². The van der Waals surface area contributed by atoms with E-state index < -0.39 is 17.1 Å². The van der Waals surface area contributed by atoms with Crippen molar-refractivity contribution in [1.29, 1.82) is 0 Å². The van der Waals surface area contributed by atoms with E-state index >= 15 is 0 Å². The van der Waals surface area contributed by atoms with Gasteiger partial charge < -0.3 is 10.1 Å². The molecule has 0 aliphatic carbocycles. The highest BCUT2D eigenvalue weighted by molar-refractivity contribution is 9.10. The number of amides is 1. The molecule has 0 bridgehead atoms. The van der Waals surface area contributed by atoms with Crippen LogP contribution in [0.4, 0.5) is 4.39 Å². The molecule has 8 nitrogen and oxygen atoms in total. The third-order valence-electron chi connectivity index (χ3n) is 5.09. The van der Waals surface area contributed by atoms with Crippen molar-refractivity contribution < 1.29 is 13.9 Å². The number of hydrogen-bond acceptors (Lipinski definition) is 6. The van der Waals surface area contributed by atoms with E-state index in [1.54, 1.807) is 25.3 Å².